The number of Topliss-reactive ketones (excluding diaryl/α,β-unsaturated/α-hetero) is 1. The van der Waals surface area contributed by atoms with Crippen molar-refractivity contribution in [3.8, 4) is 5.75 Å². The summed E-state index contributed by atoms with van der Waals surface area (Å²) >= 11 is 0. The van der Waals surface area contributed by atoms with Gasteiger partial charge in [-0.05, 0) is 18.6 Å². The van der Waals surface area contributed by atoms with Crippen LogP contribution >= 0.6 is 7.82 Å². The lowest BCUT2D eigenvalue weighted by Crippen LogP contribution is -2.05. The minimum absolute atomic E-state index is 0.00762. The summed E-state index contributed by atoms with van der Waals surface area (Å²) in [6.45, 7) is 2.50. The van der Waals surface area contributed by atoms with Crippen molar-refractivity contribution in [2.45, 2.75) is 26.2 Å². The van der Waals surface area contributed by atoms with Gasteiger partial charge in [-0.25, -0.2) is 4.57 Å². The van der Waals surface area contributed by atoms with Crippen LogP contribution in [0.1, 0.15) is 36.5 Å². The van der Waals surface area contributed by atoms with Crippen molar-refractivity contribution in [2.24, 2.45) is 0 Å². The van der Waals surface area contributed by atoms with Gasteiger partial charge in [0.25, 0.3) is 0 Å². The number of benzene rings is 1. The van der Waals surface area contributed by atoms with Crippen LogP contribution in [0.4, 0.5) is 0 Å². The molecule has 0 amide bonds. The van der Waals surface area contributed by atoms with E-state index in [9.17, 15) is 9.36 Å². The van der Waals surface area contributed by atoms with Gasteiger partial charge in [-0.15, -0.1) is 0 Å². The maximum atomic E-state index is 12.0. The summed E-state index contributed by atoms with van der Waals surface area (Å²) in [5, 5.41) is 0. The number of phosphoric ester groups is 1. The molecular weight excluding hydrogens is 295 g/mol. The van der Waals surface area contributed by atoms with Gasteiger partial charge in [-0.2, -0.15) is 0 Å². The number of hydrogen-bond acceptors (Lipinski definition) is 5. The van der Waals surface area contributed by atoms with Gasteiger partial charge in [-0.3, -0.25) is 13.8 Å². The minimum Gasteiger partial charge on any atom is -0.494 e. The van der Waals surface area contributed by atoms with E-state index in [1.54, 1.807) is 24.3 Å². The Morgan fingerprint density at radius 3 is 2.76 bits per heavy atom. The molecule has 0 bridgehead atoms. The first kappa shape index (κ1) is 17.9. The third-order valence-corrected chi connectivity index (χ3v) is 3.71. The Morgan fingerprint density at radius 2 is 2.10 bits per heavy atom. The van der Waals surface area contributed by atoms with Crippen molar-refractivity contribution in [2.75, 3.05) is 20.3 Å². The fourth-order valence-electron chi connectivity index (χ4n) is 1.54. The van der Waals surface area contributed by atoms with Crippen LogP contribution in [0.5, 0.6) is 5.75 Å². The number of ether oxygens (including phenoxy) is 1. The zero-order valence-corrected chi connectivity index (χ0v) is 13.2. The molecule has 1 atom stereocenters. The van der Waals surface area contributed by atoms with E-state index in [4.69, 9.17) is 9.63 Å². The molecular formula is C14H21O6P. The van der Waals surface area contributed by atoms with Crippen LogP contribution in [0.3, 0.4) is 0 Å². The maximum absolute atomic E-state index is 12.0. The number of carbonyl (C=O) groups is 1. The van der Waals surface area contributed by atoms with Gasteiger partial charge in [0.05, 0.1) is 13.2 Å². The molecule has 0 aliphatic carbocycles. The average molecular weight is 316 g/mol. The number of carbonyl (C=O) groups excluding carboxylic acids is 1. The van der Waals surface area contributed by atoms with E-state index in [-0.39, 0.29) is 18.8 Å². The maximum Gasteiger partial charge on any atom is 0.471 e. The number of unbranched alkanes of at least 4 members (excludes halogenated alkanes) is 1. The van der Waals surface area contributed by atoms with Crippen molar-refractivity contribution >= 4 is 13.6 Å². The molecule has 0 aliphatic rings. The molecule has 21 heavy (non-hydrogen) atoms. The molecule has 7 heteroatoms. The molecule has 0 saturated heterocycles. The van der Waals surface area contributed by atoms with Crippen molar-refractivity contribution in [1.29, 1.82) is 0 Å². The lowest BCUT2D eigenvalue weighted by molar-refractivity contribution is 0.0946. The zero-order valence-electron chi connectivity index (χ0n) is 12.3. The van der Waals surface area contributed by atoms with Gasteiger partial charge < -0.3 is 9.63 Å². The van der Waals surface area contributed by atoms with E-state index in [0.29, 0.717) is 17.9 Å². The lowest BCUT2D eigenvalue weighted by Gasteiger charge is -2.09. The largest absolute Gasteiger partial charge is 0.494 e. The van der Waals surface area contributed by atoms with E-state index in [1.807, 2.05) is 0 Å². The molecule has 6 nitrogen and oxygen atoms in total. The molecule has 0 saturated carbocycles. The second kappa shape index (κ2) is 8.95. The summed E-state index contributed by atoms with van der Waals surface area (Å²) in [7, 11) is -2.96. The quantitative estimate of drug-likeness (QED) is 0.405. The van der Waals surface area contributed by atoms with Crippen LogP contribution in [-0.4, -0.2) is 31.0 Å². The highest BCUT2D eigenvalue weighted by Gasteiger charge is 2.19. The second-order valence-corrected chi connectivity index (χ2v) is 5.95. The molecule has 1 unspecified atom stereocenters. The summed E-state index contributed by atoms with van der Waals surface area (Å²) in [4.78, 5) is 21.0. The third-order valence-electron chi connectivity index (χ3n) is 2.74. The summed E-state index contributed by atoms with van der Waals surface area (Å²) in [6, 6.07) is 6.86. The van der Waals surface area contributed by atoms with Crippen LogP contribution in [0, 0.1) is 0 Å². The third kappa shape index (κ3) is 6.87. The molecule has 1 aromatic carbocycles. The van der Waals surface area contributed by atoms with Crippen LogP contribution < -0.4 is 4.74 Å². The molecule has 0 aliphatic heterocycles. The van der Waals surface area contributed by atoms with Crippen LogP contribution in [0.15, 0.2) is 24.3 Å². The molecule has 118 valence electrons. The Bertz CT molecular complexity index is 502. The number of rotatable bonds is 10. The first-order chi connectivity index (χ1) is 9.98. The highest BCUT2D eigenvalue weighted by molar-refractivity contribution is 7.47. The van der Waals surface area contributed by atoms with E-state index in [1.165, 1.54) is 0 Å². The Labute approximate surface area is 124 Å². The minimum atomic E-state index is -4.03. The van der Waals surface area contributed by atoms with Crippen molar-refractivity contribution in [1.82, 2.24) is 0 Å². The van der Waals surface area contributed by atoms with E-state index < -0.39 is 7.82 Å². The van der Waals surface area contributed by atoms with E-state index in [2.05, 4.69) is 16.0 Å². The number of phosphoric acid groups is 1. The highest BCUT2D eigenvalue weighted by atomic mass is 31.2. The average Bonchev–Trinajstić information content (AvgIpc) is 2.47. The first-order valence-corrected chi connectivity index (χ1v) is 8.27. The monoisotopic (exact) mass is 316 g/mol. The van der Waals surface area contributed by atoms with Gasteiger partial charge in [0.2, 0.25) is 0 Å². The fourth-order valence-corrected chi connectivity index (χ4v) is 1.97. The molecule has 0 heterocycles. The van der Waals surface area contributed by atoms with Crippen LogP contribution in [0.2, 0.25) is 0 Å². The molecule has 0 spiro atoms. The second-order valence-electron chi connectivity index (χ2n) is 4.39. The fraction of sp³-hybridized carbons (Fsp3) is 0.500. The van der Waals surface area contributed by atoms with Gasteiger partial charge in [0.15, 0.2) is 5.78 Å². The Hall–Kier alpha value is -1.20. The normalized spacial score (nSPS) is 13.7. The summed E-state index contributed by atoms with van der Waals surface area (Å²) in [6.07, 6.45) is 1.98. The lowest BCUT2D eigenvalue weighted by atomic mass is 10.1. The van der Waals surface area contributed by atoms with Crippen molar-refractivity contribution < 1.29 is 28.0 Å². The van der Waals surface area contributed by atoms with E-state index >= 15 is 0 Å². The summed E-state index contributed by atoms with van der Waals surface area (Å²) in [5.41, 5.74) is 0.484. The SMILES string of the molecule is CCCCOc1cccc(C(=O)CCOP(=O)(O)OC)c1. The molecule has 1 N–H and O–H groups in total. The standard InChI is InChI=1S/C14H21O6P/c1-3-4-9-19-13-7-5-6-12(11-13)14(15)8-10-20-21(16,17)18-2/h5-7,11H,3-4,8-10H2,1-2H3,(H,16,17). The van der Waals surface area contributed by atoms with Crippen molar-refractivity contribution in [3.05, 3.63) is 29.8 Å². The Balaban J connectivity index is 2.50. The predicted molar refractivity (Wildman–Crippen MR) is 78.6 cm³/mol. The smallest absolute Gasteiger partial charge is 0.471 e. The van der Waals surface area contributed by atoms with Gasteiger partial charge in [0, 0.05) is 19.1 Å². The molecule has 0 aromatic heterocycles. The zero-order chi connectivity index (χ0) is 15.7. The van der Waals surface area contributed by atoms with Gasteiger partial charge in [0.1, 0.15) is 5.75 Å². The topological polar surface area (TPSA) is 82.1 Å². The van der Waals surface area contributed by atoms with Gasteiger partial charge in [-0.1, -0.05) is 25.5 Å². The Kier molecular flexibility index (Phi) is 7.61. The molecule has 0 radical (unpaired) electrons. The van der Waals surface area contributed by atoms with Crippen LogP contribution in [0.25, 0.3) is 0 Å². The predicted octanol–water partition coefficient (Wildman–Crippen LogP) is 3.20. The molecule has 1 aromatic rings. The number of ketones is 1. The van der Waals surface area contributed by atoms with Crippen LogP contribution in [-0.2, 0) is 13.6 Å². The van der Waals surface area contributed by atoms with E-state index in [0.717, 1.165) is 20.0 Å². The molecule has 1 rings (SSSR count). The first-order valence-electron chi connectivity index (χ1n) is 6.77. The Morgan fingerprint density at radius 1 is 1.33 bits per heavy atom. The number of hydrogen-bond donors (Lipinski definition) is 1. The summed E-state index contributed by atoms with van der Waals surface area (Å²) in [5.74, 6) is 0.451. The summed E-state index contributed by atoms with van der Waals surface area (Å²) < 4.78 is 25.5. The van der Waals surface area contributed by atoms with Crippen molar-refractivity contribution in [3.63, 3.8) is 0 Å². The highest BCUT2D eigenvalue weighted by Crippen LogP contribution is 2.41. The van der Waals surface area contributed by atoms with Gasteiger partial charge >= 0.3 is 7.82 Å². The molecule has 0 fully saturated rings.